The Kier molecular flexibility index (Phi) is 3.33. The third kappa shape index (κ3) is 2.60. The summed E-state index contributed by atoms with van der Waals surface area (Å²) in [6.45, 7) is 2.01. The van der Waals surface area contributed by atoms with Gasteiger partial charge in [-0.2, -0.15) is 17.9 Å². The van der Waals surface area contributed by atoms with Gasteiger partial charge in [-0.3, -0.25) is 0 Å². The molecule has 1 aliphatic rings. The van der Waals surface area contributed by atoms with Gasteiger partial charge in [-0.15, -0.1) is 0 Å². The van der Waals surface area contributed by atoms with Gasteiger partial charge in [-0.05, 0) is 18.1 Å². The van der Waals surface area contributed by atoms with Crippen molar-refractivity contribution < 1.29 is 8.42 Å². The Morgan fingerprint density at radius 1 is 0.800 bits per heavy atom. The number of rotatable bonds is 2. The van der Waals surface area contributed by atoms with E-state index in [-0.39, 0.29) is 12.1 Å². The molecule has 0 radical (unpaired) electrons. The van der Waals surface area contributed by atoms with Gasteiger partial charge in [0.25, 0.3) is 10.2 Å². The third-order valence-corrected chi connectivity index (χ3v) is 4.62. The predicted octanol–water partition coefficient (Wildman–Crippen LogP) is 2.22. The average Bonchev–Trinajstić information content (AvgIpc) is 2.77. The number of aryl methyl sites for hydroxylation is 1. The zero-order valence-electron chi connectivity index (χ0n) is 11.1. The predicted molar refractivity (Wildman–Crippen MR) is 78.3 cm³/mol. The Morgan fingerprint density at radius 2 is 1.30 bits per heavy atom. The van der Waals surface area contributed by atoms with Crippen LogP contribution in [0.25, 0.3) is 0 Å². The molecule has 2 aromatic rings. The highest BCUT2D eigenvalue weighted by Crippen LogP contribution is 2.34. The smallest absolute Gasteiger partial charge is 0.195 e. The second-order valence-corrected chi connectivity index (χ2v) is 6.49. The number of hydrogen-bond acceptors (Lipinski definition) is 2. The van der Waals surface area contributed by atoms with E-state index in [0.717, 1.165) is 16.7 Å². The largest absolute Gasteiger partial charge is 0.278 e. The minimum atomic E-state index is -3.45. The molecule has 2 atom stereocenters. The lowest BCUT2D eigenvalue weighted by Gasteiger charge is -2.18. The van der Waals surface area contributed by atoms with Crippen LogP contribution in [-0.4, -0.2) is 8.42 Å². The standard InChI is InChI=1S/C15H16N2O2S/c1-11-7-9-13(10-8-11)15-14(16-20(18,19)17-15)12-5-3-2-4-6-12/h2-10,14-17H,1H3/t14-,15+/m1/s1. The van der Waals surface area contributed by atoms with Crippen LogP contribution in [0.1, 0.15) is 28.8 Å². The number of nitrogens with one attached hydrogen (secondary N) is 2. The molecule has 104 valence electrons. The number of benzene rings is 2. The zero-order chi connectivity index (χ0) is 14.2. The van der Waals surface area contributed by atoms with Crippen molar-refractivity contribution in [2.24, 2.45) is 0 Å². The summed E-state index contributed by atoms with van der Waals surface area (Å²) in [5, 5.41) is 0. The van der Waals surface area contributed by atoms with Crippen molar-refractivity contribution in [3.05, 3.63) is 71.3 Å². The van der Waals surface area contributed by atoms with Gasteiger partial charge in [-0.1, -0.05) is 60.2 Å². The summed E-state index contributed by atoms with van der Waals surface area (Å²) in [5.74, 6) is 0. The highest BCUT2D eigenvalue weighted by molar-refractivity contribution is 7.87. The van der Waals surface area contributed by atoms with Crippen molar-refractivity contribution in [1.82, 2.24) is 9.44 Å². The summed E-state index contributed by atoms with van der Waals surface area (Å²) in [7, 11) is -3.45. The Labute approximate surface area is 119 Å². The molecule has 1 fully saturated rings. The van der Waals surface area contributed by atoms with Gasteiger partial charge < -0.3 is 0 Å². The minimum absolute atomic E-state index is 0.288. The molecule has 4 nitrogen and oxygen atoms in total. The van der Waals surface area contributed by atoms with Crippen LogP contribution in [0.2, 0.25) is 0 Å². The molecule has 0 bridgehead atoms. The summed E-state index contributed by atoms with van der Waals surface area (Å²) in [6, 6.07) is 16.9. The minimum Gasteiger partial charge on any atom is -0.195 e. The SMILES string of the molecule is Cc1ccc([C@@H]2NS(=O)(=O)N[C@@H]2c2ccccc2)cc1. The topological polar surface area (TPSA) is 58.2 Å². The maximum absolute atomic E-state index is 11.8. The molecule has 1 aliphatic heterocycles. The summed E-state index contributed by atoms with van der Waals surface area (Å²) >= 11 is 0. The summed E-state index contributed by atoms with van der Waals surface area (Å²) in [6.07, 6.45) is 0. The van der Waals surface area contributed by atoms with E-state index < -0.39 is 10.2 Å². The molecule has 2 N–H and O–H groups in total. The van der Waals surface area contributed by atoms with Crippen molar-refractivity contribution >= 4 is 10.2 Å². The van der Waals surface area contributed by atoms with Gasteiger partial charge in [0.2, 0.25) is 0 Å². The molecule has 3 rings (SSSR count). The van der Waals surface area contributed by atoms with Crippen LogP contribution in [0.3, 0.4) is 0 Å². The van der Waals surface area contributed by atoms with Gasteiger partial charge in [0.15, 0.2) is 0 Å². The highest BCUT2D eigenvalue weighted by atomic mass is 32.2. The average molecular weight is 288 g/mol. The lowest BCUT2D eigenvalue weighted by atomic mass is 9.94. The van der Waals surface area contributed by atoms with Crippen LogP contribution >= 0.6 is 0 Å². The maximum atomic E-state index is 11.8. The molecule has 5 heteroatoms. The second kappa shape index (κ2) is 5.01. The first-order chi connectivity index (χ1) is 9.55. The summed E-state index contributed by atoms with van der Waals surface area (Å²) in [4.78, 5) is 0. The van der Waals surface area contributed by atoms with Crippen molar-refractivity contribution in [2.75, 3.05) is 0 Å². The molecular formula is C15H16N2O2S. The van der Waals surface area contributed by atoms with Gasteiger partial charge >= 0.3 is 0 Å². The molecule has 0 aromatic heterocycles. The Morgan fingerprint density at radius 3 is 1.85 bits per heavy atom. The van der Waals surface area contributed by atoms with Gasteiger partial charge in [0.1, 0.15) is 0 Å². The zero-order valence-corrected chi connectivity index (χ0v) is 11.9. The van der Waals surface area contributed by atoms with Crippen LogP contribution in [0.4, 0.5) is 0 Å². The Bertz CT molecular complexity index is 696. The molecule has 2 aromatic carbocycles. The molecule has 0 unspecified atom stereocenters. The molecule has 0 spiro atoms. The van der Waals surface area contributed by atoms with Gasteiger partial charge in [0, 0.05) is 0 Å². The lowest BCUT2D eigenvalue weighted by molar-refractivity contribution is 0.554. The summed E-state index contributed by atoms with van der Waals surface area (Å²) in [5.41, 5.74) is 3.06. The quantitative estimate of drug-likeness (QED) is 0.890. The molecule has 0 aliphatic carbocycles. The van der Waals surface area contributed by atoms with Crippen LogP contribution in [0, 0.1) is 6.92 Å². The van der Waals surface area contributed by atoms with E-state index in [2.05, 4.69) is 9.44 Å². The van der Waals surface area contributed by atoms with Crippen LogP contribution in [-0.2, 0) is 10.2 Å². The molecule has 0 amide bonds. The molecule has 0 saturated carbocycles. The van der Waals surface area contributed by atoms with Crippen molar-refractivity contribution in [3.8, 4) is 0 Å². The Balaban J connectivity index is 2.01. The molecule has 20 heavy (non-hydrogen) atoms. The molecule has 1 saturated heterocycles. The van der Waals surface area contributed by atoms with E-state index >= 15 is 0 Å². The van der Waals surface area contributed by atoms with E-state index in [1.54, 1.807) is 0 Å². The maximum Gasteiger partial charge on any atom is 0.278 e. The molecular weight excluding hydrogens is 272 g/mol. The number of hydrogen-bond donors (Lipinski definition) is 2. The van der Waals surface area contributed by atoms with E-state index in [4.69, 9.17) is 0 Å². The fraction of sp³-hybridized carbons (Fsp3) is 0.200. The first kappa shape index (κ1) is 13.3. The second-order valence-electron chi connectivity index (χ2n) is 5.02. The van der Waals surface area contributed by atoms with Crippen molar-refractivity contribution in [2.45, 2.75) is 19.0 Å². The van der Waals surface area contributed by atoms with Crippen LogP contribution in [0.5, 0.6) is 0 Å². The molecule has 1 heterocycles. The monoisotopic (exact) mass is 288 g/mol. The first-order valence-electron chi connectivity index (χ1n) is 6.46. The van der Waals surface area contributed by atoms with E-state index in [1.807, 2.05) is 61.5 Å². The fourth-order valence-electron chi connectivity index (χ4n) is 2.46. The van der Waals surface area contributed by atoms with Crippen LogP contribution < -0.4 is 9.44 Å². The van der Waals surface area contributed by atoms with Gasteiger partial charge in [-0.25, -0.2) is 0 Å². The van der Waals surface area contributed by atoms with Crippen molar-refractivity contribution in [1.29, 1.82) is 0 Å². The van der Waals surface area contributed by atoms with Crippen LogP contribution in [0.15, 0.2) is 54.6 Å². The van der Waals surface area contributed by atoms with Crippen molar-refractivity contribution in [3.63, 3.8) is 0 Å². The Hall–Kier alpha value is -1.69. The highest BCUT2D eigenvalue weighted by Gasteiger charge is 2.37. The van der Waals surface area contributed by atoms with E-state index in [1.165, 1.54) is 0 Å². The first-order valence-corrected chi connectivity index (χ1v) is 7.94. The van der Waals surface area contributed by atoms with E-state index in [0.29, 0.717) is 0 Å². The van der Waals surface area contributed by atoms with Gasteiger partial charge in [0.05, 0.1) is 12.1 Å². The third-order valence-electron chi connectivity index (χ3n) is 3.49. The van der Waals surface area contributed by atoms with E-state index in [9.17, 15) is 8.42 Å². The summed E-state index contributed by atoms with van der Waals surface area (Å²) < 4.78 is 29.0. The normalized spacial score (nSPS) is 24.6. The fourth-order valence-corrected chi connectivity index (χ4v) is 3.74. The lowest BCUT2D eigenvalue weighted by Crippen LogP contribution is -2.24.